The van der Waals surface area contributed by atoms with Gasteiger partial charge in [0.05, 0.1) is 5.60 Å². The van der Waals surface area contributed by atoms with Crippen LogP contribution < -0.4 is 5.32 Å². The number of hydrogen-bond donors (Lipinski definition) is 2. The first-order valence-electron chi connectivity index (χ1n) is 7.26. The monoisotopic (exact) mass is 324 g/mol. The lowest BCUT2D eigenvalue weighted by molar-refractivity contribution is -0.157. The number of rotatable bonds is 6. The molecule has 0 fully saturated rings. The van der Waals surface area contributed by atoms with Gasteiger partial charge in [-0.3, -0.25) is 4.98 Å². The van der Waals surface area contributed by atoms with E-state index < -0.39 is 17.8 Å². The van der Waals surface area contributed by atoms with Crippen molar-refractivity contribution in [1.29, 1.82) is 0 Å². The molecule has 2 aromatic rings. The van der Waals surface area contributed by atoms with Crippen LogP contribution in [0.4, 0.5) is 13.2 Å². The molecule has 0 bridgehead atoms. The average molecular weight is 324 g/mol. The molecule has 0 aliphatic heterocycles. The summed E-state index contributed by atoms with van der Waals surface area (Å²) in [5.74, 6) is 0. The highest BCUT2D eigenvalue weighted by atomic mass is 19.4. The van der Waals surface area contributed by atoms with Crippen LogP contribution in [-0.4, -0.2) is 28.9 Å². The molecule has 1 aromatic carbocycles. The number of halogens is 3. The SMILES string of the molecule is CC(O)(CNC(Cc1ccncc1)C(F)(F)F)c1ccccc1. The summed E-state index contributed by atoms with van der Waals surface area (Å²) < 4.78 is 39.7. The number of hydrogen-bond acceptors (Lipinski definition) is 3. The molecule has 2 N–H and O–H groups in total. The van der Waals surface area contributed by atoms with Crippen molar-refractivity contribution < 1.29 is 18.3 Å². The quantitative estimate of drug-likeness (QED) is 0.858. The molecule has 0 aliphatic carbocycles. The summed E-state index contributed by atoms with van der Waals surface area (Å²) in [6.07, 6.45) is -1.70. The summed E-state index contributed by atoms with van der Waals surface area (Å²) in [7, 11) is 0. The maximum absolute atomic E-state index is 13.2. The fraction of sp³-hybridized carbons (Fsp3) is 0.353. The molecular weight excluding hydrogens is 305 g/mol. The predicted octanol–water partition coefficient (Wildman–Crippen LogP) is 3.05. The predicted molar refractivity (Wildman–Crippen MR) is 81.8 cm³/mol. The Morgan fingerprint density at radius 1 is 1.09 bits per heavy atom. The molecule has 0 amide bonds. The van der Waals surface area contributed by atoms with Gasteiger partial charge in [0.1, 0.15) is 6.04 Å². The van der Waals surface area contributed by atoms with E-state index in [1.165, 1.54) is 19.3 Å². The standard InChI is InChI=1S/C17H19F3N2O/c1-16(23,14-5-3-2-4-6-14)12-22-15(17(18,19)20)11-13-7-9-21-10-8-13/h2-10,15,22-23H,11-12H2,1H3. The van der Waals surface area contributed by atoms with Gasteiger partial charge in [-0.1, -0.05) is 30.3 Å². The van der Waals surface area contributed by atoms with Crippen molar-refractivity contribution in [1.82, 2.24) is 10.3 Å². The lowest BCUT2D eigenvalue weighted by Gasteiger charge is -2.29. The van der Waals surface area contributed by atoms with Crippen molar-refractivity contribution in [2.45, 2.75) is 31.2 Å². The third-order valence-electron chi connectivity index (χ3n) is 3.67. The van der Waals surface area contributed by atoms with Crippen LogP contribution in [0.25, 0.3) is 0 Å². The van der Waals surface area contributed by atoms with Crippen LogP contribution in [0, 0.1) is 0 Å². The minimum Gasteiger partial charge on any atom is -0.384 e. The Morgan fingerprint density at radius 3 is 2.26 bits per heavy atom. The molecule has 0 saturated heterocycles. The molecule has 2 rings (SSSR count). The lowest BCUT2D eigenvalue weighted by atomic mass is 9.95. The van der Waals surface area contributed by atoms with Crippen molar-refractivity contribution in [2.24, 2.45) is 0 Å². The summed E-state index contributed by atoms with van der Waals surface area (Å²) in [5, 5.41) is 12.9. The fourth-order valence-corrected chi connectivity index (χ4v) is 2.28. The van der Waals surface area contributed by atoms with Crippen LogP contribution in [0.2, 0.25) is 0 Å². The highest BCUT2D eigenvalue weighted by molar-refractivity contribution is 5.22. The van der Waals surface area contributed by atoms with E-state index in [2.05, 4.69) is 10.3 Å². The van der Waals surface area contributed by atoms with E-state index in [4.69, 9.17) is 0 Å². The van der Waals surface area contributed by atoms with Gasteiger partial charge in [0.15, 0.2) is 0 Å². The third-order valence-corrected chi connectivity index (χ3v) is 3.67. The van der Waals surface area contributed by atoms with Crippen LogP contribution in [0.15, 0.2) is 54.9 Å². The van der Waals surface area contributed by atoms with Crippen molar-refractivity contribution in [3.63, 3.8) is 0 Å². The average Bonchev–Trinajstić information content (AvgIpc) is 2.52. The van der Waals surface area contributed by atoms with E-state index in [0.717, 1.165) is 0 Å². The molecular formula is C17H19F3N2O. The molecule has 0 spiro atoms. The van der Waals surface area contributed by atoms with Gasteiger partial charge in [-0.2, -0.15) is 13.2 Å². The minimum absolute atomic E-state index is 0.202. The fourth-order valence-electron chi connectivity index (χ4n) is 2.28. The zero-order valence-electron chi connectivity index (χ0n) is 12.7. The number of aromatic nitrogens is 1. The molecule has 2 unspecified atom stereocenters. The molecule has 1 heterocycles. The number of nitrogens with zero attached hydrogens (tertiary/aromatic N) is 1. The van der Waals surface area contributed by atoms with Gasteiger partial charge in [0.25, 0.3) is 0 Å². The Labute approximate surface area is 133 Å². The van der Waals surface area contributed by atoms with E-state index in [1.54, 1.807) is 42.5 Å². The van der Waals surface area contributed by atoms with Crippen LogP contribution in [-0.2, 0) is 12.0 Å². The third kappa shape index (κ3) is 5.04. The normalized spacial score (nSPS) is 15.9. The summed E-state index contributed by atoms with van der Waals surface area (Å²) >= 11 is 0. The molecule has 3 nitrogen and oxygen atoms in total. The largest absolute Gasteiger partial charge is 0.404 e. The van der Waals surface area contributed by atoms with Crippen molar-refractivity contribution in [3.8, 4) is 0 Å². The molecule has 23 heavy (non-hydrogen) atoms. The zero-order valence-corrected chi connectivity index (χ0v) is 12.7. The van der Waals surface area contributed by atoms with Gasteiger partial charge in [-0.15, -0.1) is 0 Å². The van der Waals surface area contributed by atoms with Gasteiger partial charge in [0, 0.05) is 18.9 Å². The topological polar surface area (TPSA) is 45.1 Å². The van der Waals surface area contributed by atoms with Crippen molar-refractivity contribution in [2.75, 3.05) is 6.54 Å². The van der Waals surface area contributed by atoms with Crippen molar-refractivity contribution in [3.05, 3.63) is 66.0 Å². The lowest BCUT2D eigenvalue weighted by Crippen LogP contribution is -2.49. The Balaban J connectivity index is 2.07. The van der Waals surface area contributed by atoms with Crippen molar-refractivity contribution >= 4 is 0 Å². The summed E-state index contributed by atoms with van der Waals surface area (Å²) in [4.78, 5) is 3.80. The Kier molecular flexibility index (Phi) is 5.38. The molecule has 124 valence electrons. The Morgan fingerprint density at radius 2 is 1.70 bits per heavy atom. The second-order valence-corrected chi connectivity index (χ2v) is 5.67. The second-order valence-electron chi connectivity index (χ2n) is 5.67. The van der Waals surface area contributed by atoms with Gasteiger partial charge in [-0.25, -0.2) is 0 Å². The van der Waals surface area contributed by atoms with Gasteiger partial charge < -0.3 is 10.4 Å². The molecule has 0 radical (unpaired) electrons. The smallest absolute Gasteiger partial charge is 0.384 e. The van der Waals surface area contributed by atoms with E-state index in [-0.39, 0.29) is 13.0 Å². The first-order chi connectivity index (χ1) is 10.8. The second kappa shape index (κ2) is 7.10. The number of pyridine rings is 1. The van der Waals surface area contributed by atoms with Crippen LogP contribution in [0.5, 0.6) is 0 Å². The molecule has 6 heteroatoms. The molecule has 0 aliphatic rings. The van der Waals surface area contributed by atoms with Gasteiger partial charge in [0.2, 0.25) is 0 Å². The Bertz CT molecular complexity index is 600. The van der Waals surface area contributed by atoms with Crippen LogP contribution in [0.1, 0.15) is 18.1 Å². The van der Waals surface area contributed by atoms with E-state index in [1.807, 2.05) is 0 Å². The van der Waals surface area contributed by atoms with E-state index >= 15 is 0 Å². The minimum atomic E-state index is -4.41. The molecule has 0 saturated carbocycles. The summed E-state index contributed by atoms with van der Waals surface area (Å²) in [6.45, 7) is 1.29. The molecule has 1 aromatic heterocycles. The number of aliphatic hydroxyl groups is 1. The first kappa shape index (κ1) is 17.4. The molecule has 2 atom stereocenters. The first-order valence-corrected chi connectivity index (χ1v) is 7.26. The summed E-state index contributed by atoms with van der Waals surface area (Å²) in [5.41, 5.74) is -0.283. The van der Waals surface area contributed by atoms with Gasteiger partial charge >= 0.3 is 6.18 Å². The number of alkyl halides is 3. The van der Waals surface area contributed by atoms with E-state index in [0.29, 0.717) is 11.1 Å². The number of benzene rings is 1. The number of nitrogens with one attached hydrogen (secondary N) is 1. The van der Waals surface area contributed by atoms with E-state index in [9.17, 15) is 18.3 Å². The zero-order chi connectivity index (χ0) is 16.9. The summed E-state index contributed by atoms with van der Waals surface area (Å²) in [6, 6.07) is 10.0. The van der Waals surface area contributed by atoms with Crippen LogP contribution >= 0.6 is 0 Å². The highest BCUT2D eigenvalue weighted by Crippen LogP contribution is 2.25. The highest BCUT2D eigenvalue weighted by Gasteiger charge is 2.40. The van der Waals surface area contributed by atoms with Gasteiger partial charge in [-0.05, 0) is 36.6 Å². The van der Waals surface area contributed by atoms with Crippen LogP contribution in [0.3, 0.4) is 0 Å². The maximum atomic E-state index is 13.2. The maximum Gasteiger partial charge on any atom is 0.404 e. The Hall–Kier alpha value is -1.92.